The standard InChI is InChI=1S/C15H16ClN5O2/c16-13-12(8-17-20-14(13)22)21-7-6-11(9-21)19-15(23)18-10-4-2-1-3-5-10/h1-5,8,11H,6-7,9H2,(H,20,22)(H2,18,19,23). The first-order valence-corrected chi connectivity index (χ1v) is 7.62. The summed E-state index contributed by atoms with van der Waals surface area (Å²) >= 11 is 6.01. The molecule has 3 N–H and O–H groups in total. The molecule has 120 valence electrons. The first-order valence-electron chi connectivity index (χ1n) is 7.24. The fraction of sp³-hybridized carbons (Fsp3) is 0.267. The van der Waals surface area contributed by atoms with Crippen LogP contribution in [0.4, 0.5) is 16.2 Å². The molecule has 2 amide bonds. The molecule has 0 spiro atoms. The summed E-state index contributed by atoms with van der Waals surface area (Å²) in [6, 6.07) is 8.97. The Labute approximate surface area is 137 Å². The van der Waals surface area contributed by atoms with E-state index in [-0.39, 0.29) is 17.1 Å². The van der Waals surface area contributed by atoms with Gasteiger partial charge in [0.15, 0.2) is 0 Å². The Morgan fingerprint density at radius 3 is 2.91 bits per heavy atom. The first kappa shape index (κ1) is 15.4. The summed E-state index contributed by atoms with van der Waals surface area (Å²) in [6.07, 6.45) is 2.29. The van der Waals surface area contributed by atoms with Crippen molar-refractivity contribution in [3.8, 4) is 0 Å². The summed E-state index contributed by atoms with van der Waals surface area (Å²) in [7, 11) is 0. The Bertz CT molecular complexity index is 749. The van der Waals surface area contributed by atoms with Crippen molar-refractivity contribution in [3.05, 3.63) is 51.9 Å². The van der Waals surface area contributed by atoms with E-state index in [9.17, 15) is 9.59 Å². The highest BCUT2D eigenvalue weighted by molar-refractivity contribution is 6.33. The number of aromatic nitrogens is 2. The zero-order chi connectivity index (χ0) is 16.2. The molecule has 0 aliphatic carbocycles. The maximum Gasteiger partial charge on any atom is 0.319 e. The summed E-state index contributed by atoms with van der Waals surface area (Å²) in [6.45, 7) is 1.27. The van der Waals surface area contributed by atoms with Crippen molar-refractivity contribution in [2.24, 2.45) is 0 Å². The average Bonchev–Trinajstić information content (AvgIpc) is 2.99. The second-order valence-corrected chi connectivity index (χ2v) is 5.67. The van der Waals surface area contributed by atoms with Gasteiger partial charge in [-0.2, -0.15) is 5.10 Å². The van der Waals surface area contributed by atoms with Crippen LogP contribution in [-0.2, 0) is 0 Å². The number of rotatable bonds is 3. The van der Waals surface area contributed by atoms with Gasteiger partial charge in [0.05, 0.1) is 11.9 Å². The highest BCUT2D eigenvalue weighted by atomic mass is 35.5. The van der Waals surface area contributed by atoms with Crippen LogP contribution in [0, 0.1) is 0 Å². The molecule has 1 unspecified atom stereocenters. The largest absolute Gasteiger partial charge is 0.367 e. The Balaban J connectivity index is 1.59. The van der Waals surface area contributed by atoms with Crippen LogP contribution in [0.5, 0.6) is 0 Å². The highest BCUT2D eigenvalue weighted by Gasteiger charge is 2.26. The number of para-hydroxylation sites is 1. The molecule has 1 aromatic carbocycles. The Hall–Kier alpha value is -2.54. The van der Waals surface area contributed by atoms with E-state index < -0.39 is 5.56 Å². The molecule has 7 nitrogen and oxygen atoms in total. The molecular formula is C15H16ClN5O2. The predicted octanol–water partition coefficient (Wildman–Crippen LogP) is 1.82. The Morgan fingerprint density at radius 1 is 1.35 bits per heavy atom. The van der Waals surface area contributed by atoms with Gasteiger partial charge in [0.25, 0.3) is 5.56 Å². The lowest BCUT2D eigenvalue weighted by Crippen LogP contribution is -2.39. The summed E-state index contributed by atoms with van der Waals surface area (Å²) in [4.78, 5) is 25.4. The van der Waals surface area contributed by atoms with Gasteiger partial charge in [-0.3, -0.25) is 4.79 Å². The van der Waals surface area contributed by atoms with Crippen LogP contribution in [0.1, 0.15) is 6.42 Å². The van der Waals surface area contributed by atoms with Crippen LogP contribution in [0.25, 0.3) is 0 Å². The number of nitrogens with one attached hydrogen (secondary N) is 3. The molecule has 1 fully saturated rings. The van der Waals surface area contributed by atoms with Crippen molar-refractivity contribution in [3.63, 3.8) is 0 Å². The molecular weight excluding hydrogens is 318 g/mol. The lowest BCUT2D eigenvalue weighted by Gasteiger charge is -2.19. The third-order valence-electron chi connectivity index (χ3n) is 3.67. The number of amides is 2. The van der Waals surface area contributed by atoms with Crippen molar-refractivity contribution >= 4 is 29.0 Å². The van der Waals surface area contributed by atoms with Crippen LogP contribution < -0.4 is 21.1 Å². The van der Waals surface area contributed by atoms with Gasteiger partial charge in [-0.25, -0.2) is 9.89 Å². The summed E-state index contributed by atoms with van der Waals surface area (Å²) in [5.41, 5.74) is 0.910. The minimum absolute atomic E-state index is 0.0194. The zero-order valence-electron chi connectivity index (χ0n) is 12.3. The van der Waals surface area contributed by atoms with Gasteiger partial charge in [-0.1, -0.05) is 29.8 Å². The number of urea groups is 1. The number of carbonyl (C=O) groups is 1. The third-order valence-corrected chi connectivity index (χ3v) is 4.04. The molecule has 2 heterocycles. The van der Waals surface area contributed by atoms with Gasteiger partial charge in [0.1, 0.15) is 5.02 Å². The normalized spacial score (nSPS) is 17.1. The lowest BCUT2D eigenvalue weighted by molar-refractivity contribution is 0.249. The van der Waals surface area contributed by atoms with E-state index in [1.807, 2.05) is 35.2 Å². The van der Waals surface area contributed by atoms with E-state index in [1.165, 1.54) is 6.20 Å². The maximum atomic E-state index is 12.0. The number of carbonyl (C=O) groups excluding carboxylic acids is 1. The second-order valence-electron chi connectivity index (χ2n) is 5.29. The maximum absolute atomic E-state index is 12.0. The van der Waals surface area contributed by atoms with E-state index in [2.05, 4.69) is 20.8 Å². The van der Waals surface area contributed by atoms with Crippen molar-refractivity contribution in [1.29, 1.82) is 0 Å². The second kappa shape index (κ2) is 6.70. The van der Waals surface area contributed by atoms with Gasteiger partial charge in [-0.15, -0.1) is 0 Å². The predicted molar refractivity (Wildman–Crippen MR) is 89.1 cm³/mol. The van der Waals surface area contributed by atoms with Gasteiger partial charge >= 0.3 is 6.03 Å². The molecule has 0 bridgehead atoms. The molecule has 2 aromatic rings. The number of benzene rings is 1. The van der Waals surface area contributed by atoms with Crippen LogP contribution >= 0.6 is 11.6 Å². The molecule has 1 atom stereocenters. The molecule has 1 saturated heterocycles. The Kier molecular flexibility index (Phi) is 4.47. The minimum Gasteiger partial charge on any atom is -0.367 e. The molecule has 1 aliphatic rings. The minimum atomic E-state index is -0.414. The SMILES string of the molecule is O=C(Nc1ccccc1)NC1CCN(c2cn[nH]c(=O)c2Cl)C1. The van der Waals surface area contributed by atoms with Gasteiger partial charge in [-0.05, 0) is 18.6 Å². The van der Waals surface area contributed by atoms with Gasteiger partial charge < -0.3 is 15.5 Å². The van der Waals surface area contributed by atoms with Crippen molar-refractivity contribution in [2.45, 2.75) is 12.5 Å². The van der Waals surface area contributed by atoms with Crippen LogP contribution in [0.15, 0.2) is 41.3 Å². The quantitative estimate of drug-likeness (QED) is 0.799. The molecule has 8 heteroatoms. The molecule has 1 aliphatic heterocycles. The molecule has 1 aromatic heterocycles. The Morgan fingerprint density at radius 2 is 2.13 bits per heavy atom. The molecule has 0 radical (unpaired) electrons. The fourth-order valence-corrected chi connectivity index (χ4v) is 2.78. The van der Waals surface area contributed by atoms with Gasteiger partial charge in [0.2, 0.25) is 0 Å². The van der Waals surface area contributed by atoms with E-state index in [4.69, 9.17) is 11.6 Å². The third kappa shape index (κ3) is 3.62. The van der Waals surface area contributed by atoms with Crippen LogP contribution in [-0.4, -0.2) is 35.4 Å². The van der Waals surface area contributed by atoms with Crippen LogP contribution in [0.2, 0.25) is 5.02 Å². The smallest absolute Gasteiger partial charge is 0.319 e. The first-order chi connectivity index (χ1) is 11.1. The number of halogens is 1. The molecule has 0 saturated carbocycles. The highest BCUT2D eigenvalue weighted by Crippen LogP contribution is 2.24. The zero-order valence-corrected chi connectivity index (χ0v) is 13.0. The van der Waals surface area contributed by atoms with Crippen molar-refractivity contribution in [2.75, 3.05) is 23.3 Å². The monoisotopic (exact) mass is 333 g/mol. The van der Waals surface area contributed by atoms with E-state index in [0.29, 0.717) is 18.8 Å². The summed E-state index contributed by atoms with van der Waals surface area (Å²) in [5.74, 6) is 0. The number of hydrogen-bond donors (Lipinski definition) is 3. The van der Waals surface area contributed by atoms with E-state index in [1.54, 1.807) is 0 Å². The summed E-state index contributed by atoms with van der Waals surface area (Å²) < 4.78 is 0. The summed E-state index contributed by atoms with van der Waals surface area (Å²) in [5, 5.41) is 11.9. The number of H-pyrrole nitrogens is 1. The van der Waals surface area contributed by atoms with Crippen LogP contribution in [0.3, 0.4) is 0 Å². The average molecular weight is 334 g/mol. The van der Waals surface area contributed by atoms with Crippen molar-refractivity contribution in [1.82, 2.24) is 15.5 Å². The van der Waals surface area contributed by atoms with E-state index >= 15 is 0 Å². The lowest BCUT2D eigenvalue weighted by atomic mass is 10.3. The van der Waals surface area contributed by atoms with Crippen molar-refractivity contribution < 1.29 is 4.79 Å². The topological polar surface area (TPSA) is 90.1 Å². The number of hydrogen-bond acceptors (Lipinski definition) is 4. The number of anilines is 2. The molecule has 3 rings (SSSR count). The van der Waals surface area contributed by atoms with E-state index in [0.717, 1.165) is 12.1 Å². The number of nitrogens with zero attached hydrogens (tertiary/aromatic N) is 2. The fourth-order valence-electron chi connectivity index (χ4n) is 2.57. The van der Waals surface area contributed by atoms with Gasteiger partial charge in [0, 0.05) is 24.8 Å². The molecule has 23 heavy (non-hydrogen) atoms. The number of aromatic amines is 1.